The number of hydrogen-bond donors (Lipinski definition) is 1. The molecule has 0 aromatic heterocycles. The predicted octanol–water partition coefficient (Wildman–Crippen LogP) is 5.47. The van der Waals surface area contributed by atoms with Crippen LogP contribution in [0.1, 0.15) is 21.5 Å². The first-order valence-corrected chi connectivity index (χ1v) is 11.7. The van der Waals surface area contributed by atoms with Gasteiger partial charge in [-0.15, -0.1) is 0 Å². The summed E-state index contributed by atoms with van der Waals surface area (Å²) in [7, 11) is 1.55. The van der Waals surface area contributed by atoms with Crippen LogP contribution in [0.2, 0.25) is 5.02 Å². The number of carbonyl (C=O) groups is 2. The molecule has 1 N–H and O–H groups in total. The van der Waals surface area contributed by atoms with E-state index in [4.69, 9.17) is 33.3 Å². The van der Waals surface area contributed by atoms with E-state index in [-0.39, 0.29) is 10.9 Å². The molecule has 0 unspecified atom stereocenters. The average Bonchev–Trinajstić information content (AvgIpc) is 3.11. The van der Waals surface area contributed by atoms with Gasteiger partial charge in [0.05, 0.1) is 12.0 Å². The molecule has 1 heterocycles. The SMILES string of the molecule is COc1cccc(/C=C2/SC(=S)N(NC(=O)c3ccccc3)C2=O)c1OCc1ccc(Cl)cc1. The smallest absolute Gasteiger partial charge is 0.285 e. The maximum absolute atomic E-state index is 13.0. The third-order valence-electron chi connectivity index (χ3n) is 4.86. The second-order valence-electron chi connectivity index (χ2n) is 7.12. The standard InChI is InChI=1S/C25H19ClN2O4S2/c1-31-20-9-5-8-18(22(20)32-15-16-10-12-19(26)13-11-16)14-21-24(30)28(25(33)34-21)27-23(29)17-6-3-2-4-7-17/h2-14H,15H2,1H3,(H,27,29)/b21-14+. The van der Waals surface area contributed by atoms with Crippen LogP contribution < -0.4 is 14.9 Å². The number of benzene rings is 3. The zero-order chi connectivity index (χ0) is 24.1. The minimum absolute atomic E-state index is 0.229. The number of hydrogen-bond acceptors (Lipinski definition) is 6. The number of thioether (sulfide) groups is 1. The van der Waals surface area contributed by atoms with E-state index in [1.807, 2.05) is 18.2 Å². The van der Waals surface area contributed by atoms with Crippen LogP contribution in [-0.4, -0.2) is 28.3 Å². The Bertz CT molecular complexity index is 1260. The van der Waals surface area contributed by atoms with Gasteiger partial charge in [-0.1, -0.05) is 65.8 Å². The predicted molar refractivity (Wildman–Crippen MR) is 138 cm³/mol. The summed E-state index contributed by atoms with van der Waals surface area (Å²) in [6.45, 7) is 0.284. The van der Waals surface area contributed by atoms with Gasteiger partial charge in [-0.05, 0) is 54.2 Å². The van der Waals surface area contributed by atoms with Gasteiger partial charge in [0.2, 0.25) is 0 Å². The summed E-state index contributed by atoms with van der Waals surface area (Å²) >= 11 is 12.4. The van der Waals surface area contributed by atoms with Crippen LogP contribution in [0, 0.1) is 0 Å². The fraction of sp³-hybridized carbons (Fsp3) is 0.0800. The van der Waals surface area contributed by atoms with Gasteiger partial charge in [-0.2, -0.15) is 5.01 Å². The lowest BCUT2D eigenvalue weighted by atomic mass is 10.1. The molecule has 0 saturated carbocycles. The van der Waals surface area contributed by atoms with E-state index < -0.39 is 11.8 Å². The Morgan fingerprint density at radius 3 is 2.53 bits per heavy atom. The monoisotopic (exact) mass is 510 g/mol. The lowest BCUT2D eigenvalue weighted by molar-refractivity contribution is -0.123. The third-order valence-corrected chi connectivity index (χ3v) is 6.41. The number of rotatable bonds is 7. The van der Waals surface area contributed by atoms with E-state index in [9.17, 15) is 9.59 Å². The van der Waals surface area contributed by atoms with E-state index in [1.54, 1.807) is 67.8 Å². The molecule has 172 valence electrons. The van der Waals surface area contributed by atoms with Gasteiger partial charge in [-0.3, -0.25) is 15.0 Å². The lowest BCUT2D eigenvalue weighted by Gasteiger charge is -2.15. The quantitative estimate of drug-likeness (QED) is 0.335. The summed E-state index contributed by atoms with van der Waals surface area (Å²) in [5, 5.41) is 1.72. The van der Waals surface area contributed by atoms with Gasteiger partial charge in [0.1, 0.15) is 6.61 Å². The van der Waals surface area contributed by atoms with E-state index in [2.05, 4.69) is 5.43 Å². The summed E-state index contributed by atoms with van der Waals surface area (Å²) in [6, 6.07) is 21.3. The highest BCUT2D eigenvalue weighted by Crippen LogP contribution is 2.37. The minimum atomic E-state index is -0.425. The number of para-hydroxylation sites is 1. The summed E-state index contributed by atoms with van der Waals surface area (Å²) in [5.41, 5.74) is 4.57. The molecule has 0 atom stereocenters. The molecule has 6 nitrogen and oxygen atoms in total. The number of carbonyl (C=O) groups excluding carboxylic acids is 2. The lowest BCUT2D eigenvalue weighted by Crippen LogP contribution is -2.44. The van der Waals surface area contributed by atoms with E-state index in [1.165, 1.54) is 0 Å². The van der Waals surface area contributed by atoms with Crippen LogP contribution in [0.4, 0.5) is 0 Å². The first-order valence-electron chi connectivity index (χ1n) is 10.1. The van der Waals surface area contributed by atoms with Crippen LogP contribution in [0.3, 0.4) is 0 Å². The first kappa shape index (κ1) is 23.8. The van der Waals surface area contributed by atoms with Gasteiger partial charge in [0.15, 0.2) is 15.8 Å². The summed E-state index contributed by atoms with van der Waals surface area (Å²) < 4.78 is 11.8. The molecular weight excluding hydrogens is 492 g/mol. The van der Waals surface area contributed by atoms with Crippen LogP contribution in [0.15, 0.2) is 77.7 Å². The molecule has 1 aliphatic heterocycles. The molecule has 2 amide bonds. The van der Waals surface area contributed by atoms with Crippen LogP contribution >= 0.6 is 35.6 Å². The Morgan fingerprint density at radius 1 is 1.09 bits per heavy atom. The van der Waals surface area contributed by atoms with Crippen LogP contribution in [0.25, 0.3) is 6.08 Å². The van der Waals surface area contributed by atoms with Gasteiger partial charge in [-0.25, -0.2) is 0 Å². The van der Waals surface area contributed by atoms with Crippen molar-refractivity contribution in [3.63, 3.8) is 0 Å². The van der Waals surface area contributed by atoms with Crippen LogP contribution in [0.5, 0.6) is 11.5 Å². The van der Waals surface area contributed by atoms with Gasteiger partial charge in [0.25, 0.3) is 11.8 Å². The summed E-state index contributed by atoms with van der Waals surface area (Å²) in [5.74, 6) is 0.159. The highest BCUT2D eigenvalue weighted by atomic mass is 35.5. The fourth-order valence-corrected chi connectivity index (χ4v) is 4.46. The molecule has 1 fully saturated rings. The molecule has 9 heteroatoms. The van der Waals surface area contributed by atoms with E-state index in [0.29, 0.717) is 32.6 Å². The highest BCUT2D eigenvalue weighted by molar-refractivity contribution is 8.26. The number of nitrogens with one attached hydrogen (secondary N) is 1. The van der Waals surface area contributed by atoms with Gasteiger partial charge in [0, 0.05) is 16.1 Å². The normalized spacial score (nSPS) is 14.4. The molecule has 3 aromatic rings. The first-order chi connectivity index (χ1) is 16.5. The highest BCUT2D eigenvalue weighted by Gasteiger charge is 2.34. The molecule has 3 aromatic carbocycles. The number of halogens is 1. The summed E-state index contributed by atoms with van der Waals surface area (Å²) in [6.07, 6.45) is 1.67. The largest absolute Gasteiger partial charge is 0.493 e. The van der Waals surface area contributed by atoms with Crippen molar-refractivity contribution in [2.24, 2.45) is 0 Å². The van der Waals surface area contributed by atoms with Crippen molar-refractivity contribution in [3.05, 3.63) is 99.4 Å². The Morgan fingerprint density at radius 2 is 1.82 bits per heavy atom. The zero-order valence-corrected chi connectivity index (χ0v) is 20.4. The molecule has 0 radical (unpaired) electrons. The molecule has 1 aliphatic rings. The van der Waals surface area contributed by atoms with Gasteiger partial charge < -0.3 is 9.47 Å². The van der Waals surface area contributed by atoms with Crippen molar-refractivity contribution in [1.29, 1.82) is 0 Å². The third kappa shape index (κ3) is 5.41. The Kier molecular flexibility index (Phi) is 7.52. The Hall–Kier alpha value is -3.33. The molecule has 34 heavy (non-hydrogen) atoms. The van der Waals surface area contributed by atoms with Crippen molar-refractivity contribution < 1.29 is 19.1 Å². The molecule has 0 aliphatic carbocycles. The van der Waals surface area contributed by atoms with Crippen molar-refractivity contribution in [2.75, 3.05) is 7.11 Å². The van der Waals surface area contributed by atoms with E-state index in [0.717, 1.165) is 22.3 Å². The number of amides is 2. The topological polar surface area (TPSA) is 67.9 Å². The molecule has 0 bridgehead atoms. The van der Waals surface area contributed by atoms with Crippen molar-refractivity contribution in [2.45, 2.75) is 6.61 Å². The van der Waals surface area contributed by atoms with E-state index >= 15 is 0 Å². The number of thiocarbonyl (C=S) groups is 1. The maximum atomic E-state index is 13.0. The van der Waals surface area contributed by atoms with Crippen LogP contribution in [-0.2, 0) is 11.4 Å². The minimum Gasteiger partial charge on any atom is -0.493 e. The maximum Gasteiger partial charge on any atom is 0.285 e. The summed E-state index contributed by atoms with van der Waals surface area (Å²) in [4.78, 5) is 25.9. The molecule has 0 spiro atoms. The Labute approximate surface area is 211 Å². The molecule has 4 rings (SSSR count). The van der Waals surface area contributed by atoms with Crippen molar-refractivity contribution in [1.82, 2.24) is 10.4 Å². The number of hydrazine groups is 1. The average molecular weight is 511 g/mol. The number of nitrogens with zero attached hydrogens (tertiary/aromatic N) is 1. The Balaban J connectivity index is 1.56. The number of ether oxygens (including phenoxy) is 2. The molecule has 1 saturated heterocycles. The second kappa shape index (κ2) is 10.7. The van der Waals surface area contributed by atoms with Gasteiger partial charge >= 0.3 is 0 Å². The fourth-order valence-electron chi connectivity index (χ4n) is 3.16. The zero-order valence-electron chi connectivity index (χ0n) is 18.0. The molecular formula is C25H19ClN2O4S2. The second-order valence-corrected chi connectivity index (χ2v) is 9.23. The number of methoxy groups -OCH3 is 1. The van der Waals surface area contributed by atoms with Crippen molar-refractivity contribution in [3.8, 4) is 11.5 Å². The van der Waals surface area contributed by atoms with Crippen molar-refractivity contribution >= 4 is 57.8 Å².